The lowest BCUT2D eigenvalue weighted by molar-refractivity contribution is 0.131. The van der Waals surface area contributed by atoms with Crippen LogP contribution in [0.1, 0.15) is 11.1 Å². The maximum absolute atomic E-state index is 5.37. The largest absolute Gasteiger partial charge is 0.496 e. The maximum atomic E-state index is 5.37. The van der Waals surface area contributed by atoms with Gasteiger partial charge in [-0.25, -0.2) is 0 Å². The first-order valence-electron chi connectivity index (χ1n) is 10.1. The van der Waals surface area contributed by atoms with Crippen LogP contribution in [0.5, 0.6) is 5.75 Å². The number of rotatable bonds is 6. The van der Waals surface area contributed by atoms with Crippen LogP contribution in [0, 0.1) is 0 Å². The van der Waals surface area contributed by atoms with E-state index in [9.17, 15) is 0 Å². The van der Waals surface area contributed by atoms with Crippen molar-refractivity contribution in [3.8, 4) is 5.75 Å². The van der Waals surface area contributed by atoms with Crippen LogP contribution in [0.25, 0.3) is 16.8 Å². The highest BCUT2D eigenvalue weighted by atomic mass is 16.5. The van der Waals surface area contributed by atoms with Gasteiger partial charge >= 0.3 is 0 Å². The van der Waals surface area contributed by atoms with E-state index in [-0.39, 0.29) is 0 Å². The average Bonchev–Trinajstić information content (AvgIpc) is 2.78. The maximum Gasteiger partial charge on any atom is 0.126 e. The number of ether oxygens (including phenoxy) is 1. The Bertz CT molecular complexity index is 998. The Hall–Kier alpha value is -3.11. The molecule has 0 bridgehead atoms. The molecule has 3 aromatic carbocycles. The van der Waals surface area contributed by atoms with E-state index in [1.54, 1.807) is 7.11 Å². The van der Waals surface area contributed by atoms with Gasteiger partial charge in [-0.15, -0.1) is 0 Å². The fourth-order valence-electron chi connectivity index (χ4n) is 3.77. The van der Waals surface area contributed by atoms with Gasteiger partial charge in [0.2, 0.25) is 0 Å². The minimum absolute atomic E-state index is 0.874. The van der Waals surface area contributed by atoms with Gasteiger partial charge in [-0.2, -0.15) is 5.10 Å². The molecule has 0 N–H and O–H groups in total. The fourth-order valence-corrected chi connectivity index (χ4v) is 3.77. The molecule has 29 heavy (non-hydrogen) atoms. The minimum Gasteiger partial charge on any atom is -0.496 e. The van der Waals surface area contributed by atoms with Crippen molar-refractivity contribution in [3.63, 3.8) is 0 Å². The highest BCUT2D eigenvalue weighted by Crippen LogP contribution is 2.21. The van der Waals surface area contributed by atoms with Crippen molar-refractivity contribution in [1.82, 2.24) is 9.91 Å². The lowest BCUT2D eigenvalue weighted by atomic mass is 10.0. The molecule has 0 aromatic heterocycles. The number of methoxy groups -OCH3 is 1. The van der Waals surface area contributed by atoms with Crippen molar-refractivity contribution in [2.45, 2.75) is 6.54 Å². The molecule has 4 rings (SSSR count). The van der Waals surface area contributed by atoms with E-state index >= 15 is 0 Å². The summed E-state index contributed by atoms with van der Waals surface area (Å²) in [5.41, 5.74) is 2.46. The van der Waals surface area contributed by atoms with Gasteiger partial charge in [-0.1, -0.05) is 60.7 Å². The molecule has 1 aliphatic rings. The molecule has 0 saturated carbocycles. The fraction of sp³-hybridized carbons (Fsp3) is 0.240. The summed E-state index contributed by atoms with van der Waals surface area (Å²) in [4.78, 5) is 2.51. The quantitative estimate of drug-likeness (QED) is 0.578. The molecule has 4 heteroatoms. The van der Waals surface area contributed by atoms with Crippen LogP contribution in [-0.2, 0) is 6.54 Å². The predicted octanol–water partition coefficient (Wildman–Crippen LogP) is 4.67. The Morgan fingerprint density at radius 2 is 1.66 bits per heavy atom. The summed E-state index contributed by atoms with van der Waals surface area (Å²) in [5.74, 6) is 0.874. The highest BCUT2D eigenvalue weighted by molar-refractivity contribution is 5.85. The summed E-state index contributed by atoms with van der Waals surface area (Å²) in [6.45, 7) is 4.94. The van der Waals surface area contributed by atoms with Crippen LogP contribution in [0.4, 0.5) is 0 Å². The van der Waals surface area contributed by atoms with Crippen molar-refractivity contribution in [3.05, 3.63) is 83.9 Å². The summed E-state index contributed by atoms with van der Waals surface area (Å²) >= 11 is 0. The molecule has 0 radical (unpaired) electrons. The smallest absolute Gasteiger partial charge is 0.126 e. The Labute approximate surface area is 172 Å². The zero-order valence-electron chi connectivity index (χ0n) is 16.9. The first kappa shape index (κ1) is 19.2. The minimum atomic E-state index is 0.874. The number of allylic oxidation sites excluding steroid dienone is 1. The SMILES string of the molecule is COc1ccccc1/C=C/C=NN1CCN(Cc2cccc3ccccc23)CC1. The summed E-state index contributed by atoms with van der Waals surface area (Å²) in [6.07, 6.45) is 5.87. The van der Waals surface area contributed by atoms with E-state index in [0.717, 1.165) is 44.0 Å². The van der Waals surface area contributed by atoms with Gasteiger partial charge in [-0.05, 0) is 34.6 Å². The van der Waals surface area contributed by atoms with Crippen LogP contribution in [0.3, 0.4) is 0 Å². The summed E-state index contributed by atoms with van der Waals surface area (Å²) in [7, 11) is 1.69. The molecule has 0 unspecified atom stereocenters. The topological polar surface area (TPSA) is 28.1 Å². The van der Waals surface area contributed by atoms with Gasteiger partial charge in [0.05, 0.1) is 7.11 Å². The lowest BCUT2D eigenvalue weighted by Gasteiger charge is -2.33. The zero-order valence-corrected chi connectivity index (χ0v) is 16.9. The number of hydrogen-bond acceptors (Lipinski definition) is 4. The van der Waals surface area contributed by atoms with Crippen molar-refractivity contribution < 1.29 is 4.74 Å². The van der Waals surface area contributed by atoms with Crippen LogP contribution in [0.2, 0.25) is 0 Å². The molecule has 1 fully saturated rings. The number of piperazine rings is 1. The first-order chi connectivity index (χ1) is 14.3. The number of para-hydroxylation sites is 1. The molecule has 1 heterocycles. The number of hydrazone groups is 1. The molecule has 148 valence electrons. The third-order valence-electron chi connectivity index (χ3n) is 5.35. The van der Waals surface area contributed by atoms with E-state index in [4.69, 9.17) is 4.74 Å². The number of fused-ring (bicyclic) bond motifs is 1. The van der Waals surface area contributed by atoms with Gasteiger partial charge < -0.3 is 4.74 Å². The average molecular weight is 386 g/mol. The second kappa shape index (κ2) is 9.39. The Kier molecular flexibility index (Phi) is 6.22. The molecular weight excluding hydrogens is 358 g/mol. The number of benzene rings is 3. The lowest BCUT2D eigenvalue weighted by Crippen LogP contribution is -2.43. The molecule has 4 nitrogen and oxygen atoms in total. The number of nitrogens with zero attached hydrogens (tertiary/aromatic N) is 3. The van der Waals surface area contributed by atoms with Crippen molar-refractivity contribution in [2.75, 3.05) is 33.3 Å². The molecule has 1 aliphatic heterocycles. The van der Waals surface area contributed by atoms with Crippen LogP contribution in [-0.4, -0.2) is 49.4 Å². The third-order valence-corrected chi connectivity index (χ3v) is 5.35. The Morgan fingerprint density at radius 3 is 2.52 bits per heavy atom. The number of hydrogen-bond donors (Lipinski definition) is 0. The standard InChI is InChI=1S/C25H27N3O/c1-29-25-14-5-3-9-22(25)12-7-15-26-28-18-16-27(17-19-28)20-23-11-6-10-21-8-2-4-13-24(21)23/h2-15H,16-20H2,1H3/b12-7+,26-15?. The molecule has 0 amide bonds. The predicted molar refractivity (Wildman–Crippen MR) is 121 cm³/mol. The van der Waals surface area contributed by atoms with Crippen molar-refractivity contribution in [2.24, 2.45) is 5.10 Å². The summed E-state index contributed by atoms with van der Waals surface area (Å²) < 4.78 is 5.37. The molecule has 0 atom stereocenters. The van der Waals surface area contributed by atoms with Gasteiger partial charge in [0.15, 0.2) is 0 Å². The van der Waals surface area contributed by atoms with Gasteiger partial charge in [0, 0.05) is 44.5 Å². The first-order valence-corrected chi connectivity index (χ1v) is 10.1. The summed E-state index contributed by atoms with van der Waals surface area (Å²) in [6, 6.07) is 23.2. The molecule has 0 spiro atoms. The molecule has 1 saturated heterocycles. The zero-order chi connectivity index (χ0) is 19.9. The van der Waals surface area contributed by atoms with E-state index in [2.05, 4.69) is 57.5 Å². The second-order valence-electron chi connectivity index (χ2n) is 7.23. The van der Waals surface area contributed by atoms with Crippen LogP contribution >= 0.6 is 0 Å². The van der Waals surface area contributed by atoms with Crippen LogP contribution < -0.4 is 4.74 Å². The van der Waals surface area contributed by atoms with Gasteiger partial charge in [-0.3, -0.25) is 9.91 Å². The monoisotopic (exact) mass is 385 g/mol. The molecule has 3 aromatic rings. The summed E-state index contributed by atoms with van der Waals surface area (Å²) in [5, 5.41) is 9.42. The van der Waals surface area contributed by atoms with E-state index in [0.29, 0.717) is 0 Å². The Morgan fingerprint density at radius 1 is 0.897 bits per heavy atom. The van der Waals surface area contributed by atoms with Crippen molar-refractivity contribution >= 4 is 23.1 Å². The van der Waals surface area contributed by atoms with E-state index < -0.39 is 0 Å². The highest BCUT2D eigenvalue weighted by Gasteiger charge is 2.16. The third kappa shape index (κ3) is 4.84. The second-order valence-corrected chi connectivity index (χ2v) is 7.23. The Balaban J connectivity index is 1.30. The normalized spacial score (nSPS) is 15.6. The van der Waals surface area contributed by atoms with E-state index in [1.807, 2.05) is 42.6 Å². The van der Waals surface area contributed by atoms with Gasteiger partial charge in [0.1, 0.15) is 5.75 Å². The van der Waals surface area contributed by atoms with Crippen LogP contribution in [0.15, 0.2) is 77.9 Å². The van der Waals surface area contributed by atoms with Crippen molar-refractivity contribution in [1.29, 1.82) is 0 Å². The molecule has 0 aliphatic carbocycles. The van der Waals surface area contributed by atoms with Gasteiger partial charge in [0.25, 0.3) is 0 Å². The van der Waals surface area contributed by atoms with E-state index in [1.165, 1.54) is 16.3 Å². The molecular formula is C25H27N3O.